The van der Waals surface area contributed by atoms with E-state index in [9.17, 15) is 9.59 Å². The van der Waals surface area contributed by atoms with Crippen LogP contribution in [0.5, 0.6) is 5.75 Å². The molecule has 3 aromatic carbocycles. The molecule has 0 spiro atoms. The molecule has 160 valence electrons. The second kappa shape index (κ2) is 9.65. The van der Waals surface area contributed by atoms with E-state index in [1.165, 1.54) is 5.39 Å². The summed E-state index contributed by atoms with van der Waals surface area (Å²) in [4.78, 5) is 29.1. The molecule has 0 radical (unpaired) electrons. The number of carbonyl (C=O) groups excluding carboxylic acids is 2. The van der Waals surface area contributed by atoms with Crippen LogP contribution >= 0.6 is 0 Å². The van der Waals surface area contributed by atoms with Crippen molar-refractivity contribution < 1.29 is 14.3 Å². The lowest BCUT2D eigenvalue weighted by molar-refractivity contribution is -0.139. The maximum absolute atomic E-state index is 12.8. The standard InChI is InChI=1S/C26H28N2O3/c1-31-24-11-7-20(8-12-24)9-13-25(29)27-14-16-28(17-15-27)26(30)19-21-6-10-22-4-2-3-5-23(22)18-21/h2-8,10-12,18H,9,13-17,19H2,1H3. The van der Waals surface area contributed by atoms with Gasteiger partial charge in [0.1, 0.15) is 5.75 Å². The van der Waals surface area contributed by atoms with Crippen molar-refractivity contribution in [3.63, 3.8) is 0 Å². The molecule has 0 unspecified atom stereocenters. The average molecular weight is 417 g/mol. The highest BCUT2D eigenvalue weighted by Crippen LogP contribution is 2.17. The molecule has 1 aliphatic heterocycles. The maximum Gasteiger partial charge on any atom is 0.227 e. The van der Waals surface area contributed by atoms with Gasteiger partial charge in [0.15, 0.2) is 0 Å². The van der Waals surface area contributed by atoms with Crippen LogP contribution in [-0.4, -0.2) is 54.9 Å². The van der Waals surface area contributed by atoms with Crippen molar-refractivity contribution in [2.45, 2.75) is 19.3 Å². The van der Waals surface area contributed by atoms with Crippen molar-refractivity contribution >= 4 is 22.6 Å². The van der Waals surface area contributed by atoms with Gasteiger partial charge in [-0.3, -0.25) is 9.59 Å². The van der Waals surface area contributed by atoms with Crippen LogP contribution in [0.25, 0.3) is 10.8 Å². The van der Waals surface area contributed by atoms with Crippen LogP contribution in [-0.2, 0) is 22.4 Å². The van der Waals surface area contributed by atoms with Crippen LogP contribution < -0.4 is 4.74 Å². The molecule has 0 N–H and O–H groups in total. The smallest absolute Gasteiger partial charge is 0.227 e. The topological polar surface area (TPSA) is 49.9 Å². The summed E-state index contributed by atoms with van der Waals surface area (Å²) >= 11 is 0. The summed E-state index contributed by atoms with van der Waals surface area (Å²) in [6.45, 7) is 2.40. The van der Waals surface area contributed by atoms with Crippen LogP contribution in [0.4, 0.5) is 0 Å². The molecule has 1 aliphatic rings. The molecule has 0 aromatic heterocycles. The zero-order chi connectivity index (χ0) is 21.6. The van der Waals surface area contributed by atoms with Gasteiger partial charge in [0, 0.05) is 32.6 Å². The Hall–Kier alpha value is -3.34. The Morgan fingerprint density at radius 1 is 0.774 bits per heavy atom. The Bertz CT molecular complexity index is 1050. The number of hydrogen-bond donors (Lipinski definition) is 0. The predicted molar refractivity (Wildman–Crippen MR) is 122 cm³/mol. The third-order valence-electron chi connectivity index (χ3n) is 5.94. The third-order valence-corrected chi connectivity index (χ3v) is 5.94. The second-order valence-corrected chi connectivity index (χ2v) is 7.97. The van der Waals surface area contributed by atoms with E-state index < -0.39 is 0 Å². The minimum atomic E-state index is 0.126. The van der Waals surface area contributed by atoms with Crippen LogP contribution in [0.2, 0.25) is 0 Å². The number of ether oxygens (including phenoxy) is 1. The fourth-order valence-corrected chi connectivity index (χ4v) is 4.04. The van der Waals surface area contributed by atoms with Crippen LogP contribution in [0, 0.1) is 0 Å². The molecule has 0 aliphatic carbocycles. The molecule has 2 amide bonds. The summed E-state index contributed by atoms with van der Waals surface area (Å²) in [5.74, 6) is 1.10. The largest absolute Gasteiger partial charge is 0.497 e. The number of carbonyl (C=O) groups is 2. The van der Waals surface area contributed by atoms with Crippen molar-refractivity contribution in [3.05, 3.63) is 77.9 Å². The van der Waals surface area contributed by atoms with Gasteiger partial charge in [-0.05, 0) is 40.5 Å². The van der Waals surface area contributed by atoms with E-state index in [4.69, 9.17) is 4.74 Å². The second-order valence-electron chi connectivity index (χ2n) is 7.97. The Balaban J connectivity index is 1.25. The molecular formula is C26H28N2O3. The molecule has 4 rings (SSSR count). The number of fused-ring (bicyclic) bond motifs is 1. The molecule has 0 saturated carbocycles. The van der Waals surface area contributed by atoms with Gasteiger partial charge in [-0.1, -0.05) is 54.6 Å². The monoisotopic (exact) mass is 416 g/mol. The Kier molecular flexibility index (Phi) is 6.51. The van der Waals surface area contributed by atoms with E-state index in [0.717, 1.165) is 22.3 Å². The highest BCUT2D eigenvalue weighted by Gasteiger charge is 2.24. The number of piperazine rings is 1. The van der Waals surface area contributed by atoms with E-state index in [1.54, 1.807) is 7.11 Å². The third kappa shape index (κ3) is 5.23. The minimum absolute atomic E-state index is 0.126. The average Bonchev–Trinajstić information content (AvgIpc) is 2.83. The number of hydrogen-bond acceptors (Lipinski definition) is 3. The number of benzene rings is 3. The van der Waals surface area contributed by atoms with Gasteiger partial charge >= 0.3 is 0 Å². The lowest BCUT2D eigenvalue weighted by Crippen LogP contribution is -2.51. The number of rotatable bonds is 6. The van der Waals surface area contributed by atoms with Crippen LogP contribution in [0.15, 0.2) is 66.7 Å². The lowest BCUT2D eigenvalue weighted by Gasteiger charge is -2.35. The molecule has 1 fully saturated rings. The number of amides is 2. The Labute approximate surface area is 183 Å². The van der Waals surface area contributed by atoms with Gasteiger partial charge in [-0.15, -0.1) is 0 Å². The summed E-state index contributed by atoms with van der Waals surface area (Å²) in [6.07, 6.45) is 1.59. The Morgan fingerprint density at radius 2 is 1.39 bits per heavy atom. The van der Waals surface area contributed by atoms with E-state index in [2.05, 4.69) is 24.3 Å². The van der Waals surface area contributed by atoms with Gasteiger partial charge in [0.2, 0.25) is 11.8 Å². The molecule has 0 atom stereocenters. The fourth-order valence-electron chi connectivity index (χ4n) is 4.04. The molecular weight excluding hydrogens is 388 g/mol. The summed E-state index contributed by atoms with van der Waals surface area (Å²) in [7, 11) is 1.64. The highest BCUT2D eigenvalue weighted by atomic mass is 16.5. The fraction of sp³-hybridized carbons (Fsp3) is 0.308. The zero-order valence-electron chi connectivity index (χ0n) is 17.9. The quantitative estimate of drug-likeness (QED) is 0.616. The van der Waals surface area contributed by atoms with Crippen molar-refractivity contribution in [2.24, 2.45) is 0 Å². The van der Waals surface area contributed by atoms with E-state index in [0.29, 0.717) is 45.4 Å². The SMILES string of the molecule is COc1ccc(CCC(=O)N2CCN(C(=O)Cc3ccc4ccccc4c3)CC2)cc1. The van der Waals surface area contributed by atoms with Crippen LogP contribution in [0.3, 0.4) is 0 Å². The molecule has 31 heavy (non-hydrogen) atoms. The summed E-state index contributed by atoms with van der Waals surface area (Å²) in [5, 5.41) is 2.33. The molecule has 1 heterocycles. The minimum Gasteiger partial charge on any atom is -0.497 e. The summed E-state index contributed by atoms with van der Waals surface area (Å²) in [5.41, 5.74) is 2.15. The van der Waals surface area contributed by atoms with E-state index in [-0.39, 0.29) is 11.8 Å². The first-order chi connectivity index (χ1) is 15.1. The van der Waals surface area contributed by atoms with Gasteiger partial charge < -0.3 is 14.5 Å². The Morgan fingerprint density at radius 3 is 2.06 bits per heavy atom. The normalized spacial score (nSPS) is 14.0. The van der Waals surface area contributed by atoms with Gasteiger partial charge in [0.05, 0.1) is 13.5 Å². The molecule has 3 aromatic rings. The summed E-state index contributed by atoms with van der Waals surface area (Å²) in [6, 6.07) is 22.2. The van der Waals surface area contributed by atoms with E-state index >= 15 is 0 Å². The zero-order valence-corrected chi connectivity index (χ0v) is 17.9. The number of nitrogens with zero attached hydrogens (tertiary/aromatic N) is 2. The summed E-state index contributed by atoms with van der Waals surface area (Å²) < 4.78 is 5.17. The van der Waals surface area contributed by atoms with Crippen LogP contribution in [0.1, 0.15) is 17.5 Å². The predicted octanol–water partition coefficient (Wildman–Crippen LogP) is 3.69. The van der Waals surface area contributed by atoms with Gasteiger partial charge in [-0.25, -0.2) is 0 Å². The molecule has 0 bridgehead atoms. The highest BCUT2D eigenvalue weighted by molar-refractivity contribution is 5.85. The lowest BCUT2D eigenvalue weighted by atomic mass is 10.0. The number of aryl methyl sites for hydroxylation is 1. The first-order valence-corrected chi connectivity index (χ1v) is 10.8. The van der Waals surface area contributed by atoms with E-state index in [1.807, 2.05) is 52.3 Å². The van der Waals surface area contributed by atoms with Crippen molar-refractivity contribution in [2.75, 3.05) is 33.3 Å². The van der Waals surface area contributed by atoms with Gasteiger partial charge in [0.25, 0.3) is 0 Å². The van der Waals surface area contributed by atoms with Crippen molar-refractivity contribution in [3.8, 4) is 5.75 Å². The molecule has 5 nitrogen and oxygen atoms in total. The first-order valence-electron chi connectivity index (χ1n) is 10.8. The van der Waals surface area contributed by atoms with Gasteiger partial charge in [-0.2, -0.15) is 0 Å². The molecule has 5 heteroatoms. The molecule has 1 saturated heterocycles. The van der Waals surface area contributed by atoms with Crippen molar-refractivity contribution in [1.29, 1.82) is 0 Å². The first kappa shape index (κ1) is 20.9. The maximum atomic E-state index is 12.8. The van der Waals surface area contributed by atoms with Crippen molar-refractivity contribution in [1.82, 2.24) is 9.80 Å². The number of methoxy groups -OCH3 is 1.